The maximum atomic E-state index is 11.9. The van der Waals surface area contributed by atoms with Crippen molar-refractivity contribution in [1.29, 1.82) is 0 Å². The molecule has 31 heavy (non-hydrogen) atoms. The molecule has 1 heterocycles. The Labute approximate surface area is 205 Å². The minimum atomic E-state index is 0. The fourth-order valence-electron chi connectivity index (χ4n) is 4.53. The number of hydrogen-bond acceptors (Lipinski definition) is 3. The lowest BCUT2D eigenvalue weighted by Crippen LogP contribution is -2.45. The highest BCUT2D eigenvalue weighted by Crippen LogP contribution is 2.26. The number of likely N-dealkylation sites (tertiary alicyclic amines) is 1. The van der Waals surface area contributed by atoms with Gasteiger partial charge in [0.2, 0.25) is 5.91 Å². The van der Waals surface area contributed by atoms with Crippen LogP contribution in [0.5, 0.6) is 0 Å². The number of carbonyl (C=O) groups excluding carboxylic acids is 1. The van der Waals surface area contributed by atoms with Crippen LogP contribution in [0.3, 0.4) is 0 Å². The van der Waals surface area contributed by atoms with Crippen molar-refractivity contribution in [2.45, 2.75) is 77.4 Å². The predicted molar refractivity (Wildman–Crippen MR) is 140 cm³/mol. The summed E-state index contributed by atoms with van der Waals surface area (Å²) < 4.78 is 0. The van der Waals surface area contributed by atoms with E-state index < -0.39 is 0 Å². The average molecular weight is 542 g/mol. The van der Waals surface area contributed by atoms with Crippen molar-refractivity contribution >= 4 is 41.5 Å². The van der Waals surface area contributed by atoms with E-state index in [1.807, 2.05) is 11.8 Å². The van der Waals surface area contributed by atoms with Crippen LogP contribution < -0.4 is 15.5 Å². The maximum absolute atomic E-state index is 11.9. The van der Waals surface area contributed by atoms with Gasteiger partial charge in [0.1, 0.15) is 0 Å². The van der Waals surface area contributed by atoms with Crippen LogP contribution in [0.1, 0.15) is 64.4 Å². The third-order valence-electron chi connectivity index (χ3n) is 6.41. The van der Waals surface area contributed by atoms with Gasteiger partial charge in [0, 0.05) is 50.9 Å². The van der Waals surface area contributed by atoms with E-state index in [2.05, 4.69) is 53.8 Å². The quantitative estimate of drug-likeness (QED) is 0.310. The van der Waals surface area contributed by atoms with Crippen LogP contribution in [0.2, 0.25) is 0 Å². The minimum Gasteiger partial charge on any atom is -0.372 e. The summed E-state index contributed by atoms with van der Waals surface area (Å²) in [7, 11) is 2.23. The number of hydrogen-bond donors (Lipinski definition) is 2. The topological polar surface area (TPSA) is 60.0 Å². The summed E-state index contributed by atoms with van der Waals surface area (Å²) in [5.41, 5.74) is 2.51. The first kappa shape index (κ1) is 25.7. The molecule has 1 atom stereocenters. The normalized spacial score (nSPS) is 19.6. The lowest BCUT2D eigenvalue weighted by Gasteiger charge is -2.33. The van der Waals surface area contributed by atoms with E-state index >= 15 is 0 Å². The second-order valence-electron chi connectivity index (χ2n) is 8.59. The van der Waals surface area contributed by atoms with Crippen molar-refractivity contribution in [1.82, 2.24) is 15.5 Å². The standard InChI is InChI=1S/C24H39N5O.HI/c1-4-23(30)29-16-15-20(18-29)27-24(25-5-2)26-17-19-11-13-22(14-12-19)28(3)21-9-7-6-8-10-21;/h11-14,20-21H,4-10,15-18H2,1-3H3,(H2,25,26,27);1H. The van der Waals surface area contributed by atoms with E-state index in [1.165, 1.54) is 43.4 Å². The van der Waals surface area contributed by atoms with Gasteiger partial charge in [-0.2, -0.15) is 0 Å². The Kier molecular flexibility index (Phi) is 10.9. The van der Waals surface area contributed by atoms with Gasteiger partial charge in [0.15, 0.2) is 5.96 Å². The van der Waals surface area contributed by atoms with Gasteiger partial charge >= 0.3 is 0 Å². The van der Waals surface area contributed by atoms with Gasteiger partial charge in [-0.3, -0.25) is 4.79 Å². The second kappa shape index (κ2) is 13.1. The van der Waals surface area contributed by atoms with Gasteiger partial charge in [-0.1, -0.05) is 38.3 Å². The number of benzene rings is 1. The number of nitrogens with zero attached hydrogens (tertiary/aromatic N) is 3. The van der Waals surface area contributed by atoms with E-state index in [-0.39, 0.29) is 35.9 Å². The molecule has 1 saturated carbocycles. The molecule has 1 aliphatic carbocycles. The van der Waals surface area contributed by atoms with Crippen molar-refractivity contribution in [3.63, 3.8) is 0 Å². The molecular formula is C24H40IN5O. The highest BCUT2D eigenvalue weighted by molar-refractivity contribution is 14.0. The Morgan fingerprint density at radius 1 is 1.13 bits per heavy atom. The zero-order valence-electron chi connectivity index (χ0n) is 19.4. The molecule has 1 amide bonds. The first-order chi connectivity index (χ1) is 14.6. The average Bonchev–Trinajstić information content (AvgIpc) is 3.26. The van der Waals surface area contributed by atoms with Gasteiger partial charge in [0.05, 0.1) is 6.54 Å². The number of nitrogens with one attached hydrogen (secondary N) is 2. The maximum Gasteiger partial charge on any atom is 0.222 e. The zero-order chi connectivity index (χ0) is 21.3. The van der Waals surface area contributed by atoms with Crippen molar-refractivity contribution in [2.24, 2.45) is 4.99 Å². The summed E-state index contributed by atoms with van der Waals surface area (Å²) in [6, 6.07) is 9.79. The second-order valence-corrected chi connectivity index (χ2v) is 8.59. The van der Waals surface area contributed by atoms with Gasteiger partial charge in [-0.25, -0.2) is 4.99 Å². The van der Waals surface area contributed by atoms with Crippen LogP contribution in [0.25, 0.3) is 0 Å². The number of rotatable bonds is 7. The molecule has 7 heteroatoms. The van der Waals surface area contributed by atoms with E-state index in [9.17, 15) is 4.79 Å². The molecule has 2 fully saturated rings. The van der Waals surface area contributed by atoms with Crippen molar-refractivity contribution in [2.75, 3.05) is 31.6 Å². The van der Waals surface area contributed by atoms with Crippen LogP contribution in [-0.2, 0) is 11.3 Å². The Morgan fingerprint density at radius 3 is 2.48 bits per heavy atom. The first-order valence-corrected chi connectivity index (χ1v) is 11.7. The molecule has 1 aromatic rings. The highest BCUT2D eigenvalue weighted by atomic mass is 127. The van der Waals surface area contributed by atoms with Gasteiger partial charge in [-0.05, 0) is 43.9 Å². The van der Waals surface area contributed by atoms with E-state index in [0.717, 1.165) is 32.0 Å². The number of guanidine groups is 1. The monoisotopic (exact) mass is 541 g/mol. The third kappa shape index (κ3) is 7.54. The van der Waals surface area contributed by atoms with Crippen LogP contribution in [0.15, 0.2) is 29.3 Å². The number of carbonyl (C=O) groups is 1. The smallest absolute Gasteiger partial charge is 0.222 e. The number of amides is 1. The predicted octanol–water partition coefficient (Wildman–Crippen LogP) is 4.14. The molecule has 0 aromatic heterocycles. The SMILES string of the molecule is CCNC(=NCc1ccc(N(C)C2CCCCC2)cc1)NC1CCN(C(=O)CC)C1.I. The fourth-order valence-corrected chi connectivity index (χ4v) is 4.53. The molecule has 6 nitrogen and oxygen atoms in total. The zero-order valence-corrected chi connectivity index (χ0v) is 21.7. The lowest BCUT2D eigenvalue weighted by molar-refractivity contribution is -0.129. The number of halogens is 1. The molecule has 2 aliphatic rings. The molecule has 1 aliphatic heterocycles. The molecule has 0 bridgehead atoms. The van der Waals surface area contributed by atoms with Crippen LogP contribution >= 0.6 is 24.0 Å². The Bertz CT molecular complexity index is 702. The molecule has 174 valence electrons. The molecule has 1 saturated heterocycles. The molecule has 2 N–H and O–H groups in total. The summed E-state index contributed by atoms with van der Waals surface area (Å²) >= 11 is 0. The van der Waals surface area contributed by atoms with Gasteiger partial charge in [0.25, 0.3) is 0 Å². The fraction of sp³-hybridized carbons (Fsp3) is 0.667. The van der Waals surface area contributed by atoms with Gasteiger partial charge in [-0.15, -0.1) is 24.0 Å². The van der Waals surface area contributed by atoms with E-state index in [4.69, 9.17) is 4.99 Å². The van der Waals surface area contributed by atoms with E-state index in [0.29, 0.717) is 19.0 Å². The number of anilines is 1. The summed E-state index contributed by atoms with van der Waals surface area (Å²) in [5, 5.41) is 6.84. The van der Waals surface area contributed by atoms with Crippen molar-refractivity contribution in [3.05, 3.63) is 29.8 Å². The minimum absolute atomic E-state index is 0. The molecule has 3 rings (SSSR count). The Morgan fingerprint density at radius 2 is 1.84 bits per heavy atom. The number of aliphatic imine (C=N–C) groups is 1. The summed E-state index contributed by atoms with van der Waals surface area (Å²) in [6.45, 7) is 7.06. The molecule has 1 aromatic carbocycles. The van der Waals surface area contributed by atoms with Gasteiger partial charge < -0.3 is 20.4 Å². The van der Waals surface area contributed by atoms with Crippen LogP contribution in [-0.4, -0.2) is 55.5 Å². The van der Waals surface area contributed by atoms with Crippen LogP contribution in [0.4, 0.5) is 5.69 Å². The summed E-state index contributed by atoms with van der Waals surface area (Å²) in [5.74, 6) is 1.07. The Hall–Kier alpha value is -1.51. The van der Waals surface area contributed by atoms with Crippen molar-refractivity contribution in [3.8, 4) is 0 Å². The highest BCUT2D eigenvalue weighted by Gasteiger charge is 2.25. The molecule has 1 unspecified atom stereocenters. The Balaban J connectivity index is 0.00000341. The third-order valence-corrected chi connectivity index (χ3v) is 6.41. The summed E-state index contributed by atoms with van der Waals surface area (Å²) in [4.78, 5) is 21.1. The summed E-state index contributed by atoms with van der Waals surface area (Å²) in [6.07, 6.45) is 8.26. The van der Waals surface area contributed by atoms with Crippen LogP contribution in [0, 0.1) is 0 Å². The van der Waals surface area contributed by atoms with E-state index in [1.54, 1.807) is 0 Å². The molecule has 0 radical (unpaired) electrons. The largest absolute Gasteiger partial charge is 0.372 e. The van der Waals surface area contributed by atoms with Crippen molar-refractivity contribution < 1.29 is 4.79 Å². The molecule has 0 spiro atoms. The lowest BCUT2D eigenvalue weighted by atomic mass is 9.94. The molecular weight excluding hydrogens is 501 g/mol. The first-order valence-electron chi connectivity index (χ1n) is 11.7.